The Morgan fingerprint density at radius 1 is 1.10 bits per heavy atom. The summed E-state index contributed by atoms with van der Waals surface area (Å²) in [7, 11) is 1.18. The number of rotatable bonds is 8. The van der Waals surface area contributed by atoms with Crippen molar-refractivity contribution in [1.82, 2.24) is 4.90 Å². The predicted molar refractivity (Wildman–Crippen MR) is 103 cm³/mol. The Balaban J connectivity index is 1.70. The molecule has 9 nitrogen and oxygen atoms in total. The quantitative estimate of drug-likeness (QED) is 0.231. The number of hydrogen-bond donors (Lipinski definition) is 1. The van der Waals surface area contributed by atoms with Crippen LogP contribution in [0.4, 0.5) is 0 Å². The molecule has 1 atom stereocenters. The fourth-order valence-electron chi connectivity index (χ4n) is 3.11. The number of fused-ring (bicyclic) bond motifs is 1. The van der Waals surface area contributed by atoms with Crippen LogP contribution in [0.15, 0.2) is 53.7 Å². The van der Waals surface area contributed by atoms with Crippen LogP contribution in [-0.2, 0) is 14.3 Å². The third-order valence-corrected chi connectivity index (χ3v) is 4.59. The topological polar surface area (TPSA) is 123 Å². The summed E-state index contributed by atoms with van der Waals surface area (Å²) < 4.78 is 10.4. The van der Waals surface area contributed by atoms with Crippen LogP contribution >= 0.6 is 0 Å². The summed E-state index contributed by atoms with van der Waals surface area (Å²) in [6.45, 7) is 0.00721. The predicted octanol–water partition coefficient (Wildman–Crippen LogP) is 1.58. The summed E-state index contributed by atoms with van der Waals surface area (Å²) in [6, 6.07) is 11.3. The summed E-state index contributed by atoms with van der Waals surface area (Å²) in [4.78, 5) is 49.1. The lowest BCUT2D eigenvalue weighted by Gasteiger charge is -2.24. The minimum absolute atomic E-state index is 0.00721. The first-order chi connectivity index (χ1) is 14.5. The lowest BCUT2D eigenvalue weighted by atomic mass is 10.1. The van der Waals surface area contributed by atoms with Crippen LogP contribution < -0.4 is 4.74 Å². The minimum atomic E-state index is -1.14. The first-order valence-electron chi connectivity index (χ1n) is 8.90. The first kappa shape index (κ1) is 20.7. The van der Waals surface area contributed by atoms with E-state index in [0.29, 0.717) is 11.3 Å². The molecular weight excluding hydrogens is 392 g/mol. The maximum absolute atomic E-state index is 12.7. The van der Waals surface area contributed by atoms with E-state index in [4.69, 9.17) is 14.7 Å². The zero-order valence-electron chi connectivity index (χ0n) is 15.9. The van der Waals surface area contributed by atoms with E-state index in [0.717, 1.165) is 4.90 Å². The molecule has 0 saturated heterocycles. The van der Waals surface area contributed by atoms with Gasteiger partial charge in [-0.3, -0.25) is 19.3 Å². The second-order valence-corrected chi connectivity index (χ2v) is 6.28. The van der Waals surface area contributed by atoms with Gasteiger partial charge in [-0.05, 0) is 36.4 Å². The van der Waals surface area contributed by atoms with Crippen LogP contribution in [0.5, 0.6) is 5.75 Å². The van der Waals surface area contributed by atoms with Crippen molar-refractivity contribution in [2.24, 2.45) is 5.16 Å². The van der Waals surface area contributed by atoms with Gasteiger partial charge in [-0.25, -0.2) is 4.79 Å². The number of carbonyl (C=O) groups is 3. The van der Waals surface area contributed by atoms with Crippen LogP contribution in [0.2, 0.25) is 0 Å². The van der Waals surface area contributed by atoms with Gasteiger partial charge in [0.05, 0.1) is 24.8 Å². The Morgan fingerprint density at radius 3 is 2.20 bits per heavy atom. The number of nitrogens with zero attached hydrogens (tertiary/aromatic N) is 2. The highest BCUT2D eigenvalue weighted by molar-refractivity contribution is 6.36. The third-order valence-electron chi connectivity index (χ3n) is 4.59. The van der Waals surface area contributed by atoms with Gasteiger partial charge >= 0.3 is 5.97 Å². The number of imide groups is 1. The molecule has 0 bridgehead atoms. The Kier molecular flexibility index (Phi) is 6.21. The van der Waals surface area contributed by atoms with E-state index in [1.165, 1.54) is 49.8 Å². The second kappa shape index (κ2) is 8.99. The van der Waals surface area contributed by atoms with Gasteiger partial charge in [0.25, 0.3) is 18.1 Å². The average Bonchev–Trinajstić information content (AvgIpc) is 3.03. The summed E-state index contributed by atoms with van der Waals surface area (Å²) in [5.41, 5.74) is 0.568. The number of carbonyl (C=O) groups excluding carboxylic acids is 4. The van der Waals surface area contributed by atoms with Gasteiger partial charge in [-0.15, -0.1) is 0 Å². The van der Waals surface area contributed by atoms with E-state index in [-0.39, 0.29) is 29.9 Å². The van der Waals surface area contributed by atoms with Crippen LogP contribution in [0.25, 0.3) is 0 Å². The Hall–Kier alpha value is -4.01. The highest BCUT2D eigenvalue weighted by Crippen LogP contribution is 2.26. The van der Waals surface area contributed by atoms with Crippen LogP contribution in [-0.4, -0.2) is 59.6 Å². The van der Waals surface area contributed by atoms with E-state index in [1.807, 2.05) is 0 Å². The highest BCUT2D eigenvalue weighted by atomic mass is 16.5. The second-order valence-electron chi connectivity index (χ2n) is 6.28. The SMILES string of the molecule is COC(=O)C(CCOc1ccc(/C([C]=O)=N\O)cc1)N1C(=O)c2ccccc2C1=O. The summed E-state index contributed by atoms with van der Waals surface area (Å²) >= 11 is 0. The molecule has 2 aromatic rings. The number of oxime groups is 1. The van der Waals surface area contributed by atoms with E-state index in [2.05, 4.69) is 5.16 Å². The average molecular weight is 409 g/mol. The third kappa shape index (κ3) is 3.90. The molecule has 0 aromatic heterocycles. The van der Waals surface area contributed by atoms with Crippen molar-refractivity contribution >= 4 is 29.8 Å². The molecule has 0 spiro atoms. The molecule has 9 heteroatoms. The Labute approximate surface area is 171 Å². The van der Waals surface area contributed by atoms with E-state index < -0.39 is 23.8 Å². The molecule has 30 heavy (non-hydrogen) atoms. The van der Waals surface area contributed by atoms with Crippen LogP contribution in [0.3, 0.4) is 0 Å². The summed E-state index contributed by atoms with van der Waals surface area (Å²) in [5, 5.41) is 11.6. The van der Waals surface area contributed by atoms with Crippen LogP contribution in [0.1, 0.15) is 32.7 Å². The first-order valence-corrected chi connectivity index (χ1v) is 8.90. The van der Waals surface area contributed by atoms with Gasteiger partial charge < -0.3 is 14.7 Å². The van der Waals surface area contributed by atoms with Crippen molar-refractivity contribution in [3.05, 3.63) is 65.2 Å². The number of ether oxygens (including phenoxy) is 2. The van der Waals surface area contributed by atoms with E-state index in [9.17, 15) is 19.2 Å². The van der Waals surface area contributed by atoms with Crippen molar-refractivity contribution in [2.45, 2.75) is 12.5 Å². The molecule has 1 N–H and O–H groups in total. The van der Waals surface area contributed by atoms with Crippen molar-refractivity contribution in [3.8, 4) is 5.75 Å². The number of esters is 1. The van der Waals surface area contributed by atoms with Gasteiger partial charge in [0.2, 0.25) is 0 Å². The monoisotopic (exact) mass is 409 g/mol. The number of amides is 2. The molecule has 0 fully saturated rings. The Bertz CT molecular complexity index is 979. The summed E-state index contributed by atoms with van der Waals surface area (Å²) in [5.74, 6) is -1.44. The van der Waals surface area contributed by atoms with Crippen molar-refractivity contribution in [3.63, 3.8) is 0 Å². The number of benzene rings is 2. The molecule has 2 amide bonds. The van der Waals surface area contributed by atoms with Gasteiger partial charge in [0.1, 0.15) is 11.8 Å². The molecule has 2 aromatic carbocycles. The maximum Gasteiger partial charge on any atom is 0.329 e. The highest BCUT2D eigenvalue weighted by Gasteiger charge is 2.43. The molecule has 1 aliphatic heterocycles. The number of hydrogen-bond acceptors (Lipinski definition) is 8. The smallest absolute Gasteiger partial charge is 0.329 e. The molecule has 153 valence electrons. The van der Waals surface area contributed by atoms with Crippen molar-refractivity contribution < 1.29 is 33.9 Å². The lowest BCUT2D eigenvalue weighted by Crippen LogP contribution is -2.46. The van der Waals surface area contributed by atoms with Crippen molar-refractivity contribution in [1.29, 1.82) is 0 Å². The maximum atomic E-state index is 12.7. The zero-order valence-corrected chi connectivity index (χ0v) is 15.9. The van der Waals surface area contributed by atoms with Crippen LogP contribution in [0, 0.1) is 0 Å². The normalized spacial score (nSPS) is 14.3. The van der Waals surface area contributed by atoms with Crippen molar-refractivity contribution in [2.75, 3.05) is 13.7 Å². The van der Waals surface area contributed by atoms with Gasteiger partial charge in [0, 0.05) is 12.0 Å². The minimum Gasteiger partial charge on any atom is -0.494 e. The van der Waals surface area contributed by atoms with Gasteiger partial charge in [-0.1, -0.05) is 17.3 Å². The molecule has 1 radical (unpaired) electrons. The number of methoxy groups -OCH3 is 1. The fourth-order valence-corrected chi connectivity index (χ4v) is 3.11. The molecule has 1 aliphatic rings. The van der Waals surface area contributed by atoms with Gasteiger partial charge in [0.15, 0.2) is 5.71 Å². The molecule has 3 rings (SSSR count). The Morgan fingerprint density at radius 2 is 1.70 bits per heavy atom. The molecule has 1 unspecified atom stereocenters. The standard InChI is InChI=1S/C21H17N2O7/c1-29-21(27)18(23-19(25)15-4-2-3-5-16(15)20(23)26)10-11-30-14-8-6-13(7-9-14)17(12-24)22-28/h2-9,18,28H,10-11H2,1H3/b22-17-. The molecule has 0 saturated carbocycles. The lowest BCUT2D eigenvalue weighted by molar-refractivity contribution is -0.145. The van der Waals surface area contributed by atoms with E-state index in [1.54, 1.807) is 12.1 Å². The van der Waals surface area contributed by atoms with E-state index >= 15 is 0 Å². The molecule has 1 heterocycles. The molecule has 0 aliphatic carbocycles. The molecular formula is C21H17N2O7. The summed E-state index contributed by atoms with van der Waals surface area (Å²) in [6.07, 6.45) is 1.52. The van der Waals surface area contributed by atoms with Gasteiger partial charge in [-0.2, -0.15) is 0 Å². The fraction of sp³-hybridized carbons (Fsp3) is 0.190. The largest absolute Gasteiger partial charge is 0.494 e. The zero-order chi connectivity index (χ0) is 21.7.